The second-order valence-electron chi connectivity index (χ2n) is 3.63. The second-order valence-corrected chi connectivity index (χ2v) is 4.78. The lowest BCUT2D eigenvalue weighted by atomic mass is 10.1. The van der Waals surface area contributed by atoms with Crippen LogP contribution in [0.5, 0.6) is 5.75 Å². The van der Waals surface area contributed by atoms with E-state index in [0.717, 1.165) is 18.1 Å². The Kier molecular flexibility index (Phi) is 3.50. The van der Waals surface area contributed by atoms with Gasteiger partial charge in [0, 0.05) is 25.1 Å². The fraction of sp³-hybridized carbons (Fsp3) is 0.600. The summed E-state index contributed by atoms with van der Waals surface area (Å²) in [4.78, 5) is 12.2. The molecule has 0 saturated carbocycles. The van der Waals surface area contributed by atoms with Gasteiger partial charge in [0.05, 0.1) is 19.3 Å². The van der Waals surface area contributed by atoms with Crippen LogP contribution in [0.1, 0.15) is 10.5 Å². The predicted octanol–water partition coefficient (Wildman–Crippen LogP) is 0.316. The largest absolute Gasteiger partial charge is 0.493 e. The summed E-state index contributed by atoms with van der Waals surface area (Å²) in [6, 6.07) is -0.122. The molecule has 2 heterocycles. The molecule has 1 N–H and O–H groups in total. The Balaban J connectivity index is 2.21. The van der Waals surface area contributed by atoms with E-state index in [2.05, 4.69) is 10.4 Å². The van der Waals surface area contributed by atoms with Gasteiger partial charge >= 0.3 is 0 Å². The minimum atomic E-state index is -0.122. The van der Waals surface area contributed by atoms with Gasteiger partial charge in [-0.2, -0.15) is 16.9 Å². The Hall–Kier alpha value is -1.01. The number of Topliss-reactive ketones (excluding diaryl/α,β-unsaturated/α-hetero) is 1. The third kappa shape index (κ3) is 2.08. The van der Waals surface area contributed by atoms with Crippen molar-refractivity contribution in [1.82, 2.24) is 15.1 Å². The molecule has 1 fully saturated rings. The van der Waals surface area contributed by atoms with Crippen molar-refractivity contribution < 1.29 is 9.53 Å². The molecular weight excluding hydrogens is 226 g/mol. The van der Waals surface area contributed by atoms with Crippen LogP contribution >= 0.6 is 11.8 Å². The third-order valence-corrected chi connectivity index (χ3v) is 3.66. The van der Waals surface area contributed by atoms with E-state index in [4.69, 9.17) is 4.74 Å². The molecule has 1 saturated heterocycles. The zero-order valence-electron chi connectivity index (χ0n) is 9.40. The molecule has 0 amide bonds. The van der Waals surface area contributed by atoms with Crippen molar-refractivity contribution in [2.75, 3.05) is 25.2 Å². The number of carbonyl (C=O) groups excluding carboxylic acids is 1. The Morgan fingerprint density at radius 3 is 3.19 bits per heavy atom. The van der Waals surface area contributed by atoms with E-state index in [0.29, 0.717) is 11.4 Å². The number of aromatic nitrogens is 2. The van der Waals surface area contributed by atoms with Gasteiger partial charge in [0.2, 0.25) is 5.78 Å². The number of nitrogens with one attached hydrogen (secondary N) is 1. The zero-order chi connectivity index (χ0) is 11.5. The van der Waals surface area contributed by atoms with Crippen molar-refractivity contribution in [1.29, 1.82) is 0 Å². The molecular formula is C10H15N3O2S. The molecule has 0 aromatic carbocycles. The normalized spacial score (nSPS) is 20.8. The summed E-state index contributed by atoms with van der Waals surface area (Å²) in [5, 5.41) is 7.26. The fourth-order valence-electron chi connectivity index (χ4n) is 1.75. The Morgan fingerprint density at radius 1 is 1.75 bits per heavy atom. The molecule has 16 heavy (non-hydrogen) atoms. The number of nitrogens with zero attached hydrogens (tertiary/aromatic N) is 2. The van der Waals surface area contributed by atoms with E-state index < -0.39 is 0 Å². The molecule has 1 atom stereocenters. The quantitative estimate of drug-likeness (QED) is 0.772. The molecule has 6 heteroatoms. The van der Waals surface area contributed by atoms with Crippen molar-refractivity contribution in [2.45, 2.75) is 6.04 Å². The SMILES string of the molecule is COc1cnn(C)c1C(=O)C1CSCCN1. The highest BCUT2D eigenvalue weighted by Gasteiger charge is 2.27. The topological polar surface area (TPSA) is 56.2 Å². The van der Waals surface area contributed by atoms with E-state index in [-0.39, 0.29) is 11.8 Å². The second kappa shape index (κ2) is 4.88. The summed E-state index contributed by atoms with van der Waals surface area (Å²) in [6.45, 7) is 0.876. The fourth-order valence-corrected chi connectivity index (χ4v) is 2.68. The average molecular weight is 241 g/mol. The summed E-state index contributed by atoms with van der Waals surface area (Å²) >= 11 is 1.79. The first-order valence-corrected chi connectivity index (χ1v) is 6.31. The monoisotopic (exact) mass is 241 g/mol. The number of ether oxygens (including phenoxy) is 1. The Bertz CT molecular complexity index is 385. The number of thioether (sulfide) groups is 1. The summed E-state index contributed by atoms with van der Waals surface area (Å²) in [5.74, 6) is 2.48. The average Bonchev–Trinajstić information content (AvgIpc) is 2.70. The minimum Gasteiger partial charge on any atom is -0.493 e. The van der Waals surface area contributed by atoms with Crippen LogP contribution in [0, 0.1) is 0 Å². The van der Waals surface area contributed by atoms with Gasteiger partial charge in [0.15, 0.2) is 5.75 Å². The number of rotatable bonds is 3. The molecule has 0 radical (unpaired) electrons. The summed E-state index contributed by atoms with van der Waals surface area (Å²) in [6.07, 6.45) is 1.57. The maximum absolute atomic E-state index is 12.2. The van der Waals surface area contributed by atoms with Crippen molar-refractivity contribution in [3.8, 4) is 5.75 Å². The van der Waals surface area contributed by atoms with Crippen molar-refractivity contribution >= 4 is 17.5 Å². The van der Waals surface area contributed by atoms with Gasteiger partial charge in [-0.15, -0.1) is 0 Å². The standard InChI is InChI=1S/C10H15N3O2S/c1-13-9(8(15-2)5-12-13)10(14)7-6-16-4-3-11-7/h5,7,11H,3-4,6H2,1-2H3. The number of hydrogen-bond acceptors (Lipinski definition) is 5. The van der Waals surface area contributed by atoms with E-state index in [1.165, 1.54) is 0 Å². The van der Waals surface area contributed by atoms with Crippen LogP contribution < -0.4 is 10.1 Å². The lowest BCUT2D eigenvalue weighted by Gasteiger charge is -2.22. The molecule has 5 nitrogen and oxygen atoms in total. The number of aryl methyl sites for hydroxylation is 1. The first kappa shape index (κ1) is 11.5. The maximum Gasteiger partial charge on any atom is 0.202 e. The molecule has 1 unspecified atom stereocenters. The molecule has 0 aliphatic carbocycles. The van der Waals surface area contributed by atoms with E-state index >= 15 is 0 Å². The predicted molar refractivity (Wildman–Crippen MR) is 63.2 cm³/mol. The third-order valence-electron chi connectivity index (χ3n) is 2.60. The summed E-state index contributed by atoms with van der Waals surface area (Å²) in [7, 11) is 3.31. The van der Waals surface area contributed by atoms with Gasteiger partial charge < -0.3 is 10.1 Å². The summed E-state index contributed by atoms with van der Waals surface area (Å²) < 4.78 is 6.71. The van der Waals surface area contributed by atoms with Crippen LogP contribution in [-0.2, 0) is 7.05 Å². The van der Waals surface area contributed by atoms with Crippen LogP contribution in [0.2, 0.25) is 0 Å². The first-order valence-electron chi connectivity index (χ1n) is 5.15. The highest BCUT2D eigenvalue weighted by atomic mass is 32.2. The van der Waals surface area contributed by atoms with Gasteiger partial charge in [-0.25, -0.2) is 0 Å². The molecule has 0 bridgehead atoms. The number of ketones is 1. The van der Waals surface area contributed by atoms with E-state index in [1.54, 1.807) is 36.8 Å². The minimum absolute atomic E-state index is 0.0593. The van der Waals surface area contributed by atoms with Crippen molar-refractivity contribution in [2.24, 2.45) is 7.05 Å². The number of hydrogen-bond donors (Lipinski definition) is 1. The van der Waals surface area contributed by atoms with Gasteiger partial charge in [-0.1, -0.05) is 0 Å². The number of carbonyl (C=O) groups is 1. The van der Waals surface area contributed by atoms with Crippen molar-refractivity contribution in [3.05, 3.63) is 11.9 Å². The van der Waals surface area contributed by atoms with Crippen LogP contribution in [0.15, 0.2) is 6.20 Å². The van der Waals surface area contributed by atoms with Crippen molar-refractivity contribution in [3.63, 3.8) is 0 Å². The molecule has 2 rings (SSSR count). The van der Waals surface area contributed by atoms with Crippen LogP contribution in [0.3, 0.4) is 0 Å². The van der Waals surface area contributed by atoms with E-state index in [9.17, 15) is 4.79 Å². The number of methoxy groups -OCH3 is 1. The lowest BCUT2D eigenvalue weighted by Crippen LogP contribution is -2.44. The van der Waals surface area contributed by atoms with Crippen LogP contribution in [-0.4, -0.2) is 46.8 Å². The van der Waals surface area contributed by atoms with Gasteiger partial charge in [0.25, 0.3) is 0 Å². The Labute approximate surface area is 98.5 Å². The highest BCUT2D eigenvalue weighted by Crippen LogP contribution is 2.20. The van der Waals surface area contributed by atoms with Gasteiger partial charge in [-0.3, -0.25) is 9.48 Å². The van der Waals surface area contributed by atoms with Gasteiger partial charge in [0.1, 0.15) is 5.69 Å². The Morgan fingerprint density at radius 2 is 2.56 bits per heavy atom. The first-order chi connectivity index (χ1) is 7.74. The smallest absolute Gasteiger partial charge is 0.202 e. The van der Waals surface area contributed by atoms with E-state index in [1.807, 2.05) is 0 Å². The van der Waals surface area contributed by atoms with Gasteiger partial charge in [-0.05, 0) is 0 Å². The maximum atomic E-state index is 12.2. The zero-order valence-corrected chi connectivity index (χ0v) is 10.2. The summed E-state index contributed by atoms with van der Waals surface area (Å²) in [5.41, 5.74) is 0.544. The molecule has 1 aromatic heterocycles. The molecule has 1 aliphatic rings. The molecule has 1 aliphatic heterocycles. The van der Waals surface area contributed by atoms with Crippen LogP contribution in [0.25, 0.3) is 0 Å². The molecule has 88 valence electrons. The molecule has 1 aromatic rings. The lowest BCUT2D eigenvalue weighted by molar-refractivity contribution is 0.0940. The highest BCUT2D eigenvalue weighted by molar-refractivity contribution is 7.99. The van der Waals surface area contributed by atoms with Crippen LogP contribution in [0.4, 0.5) is 0 Å². The molecule has 0 spiro atoms.